The Kier molecular flexibility index (Phi) is 8.49. The van der Waals surface area contributed by atoms with Gasteiger partial charge in [0.1, 0.15) is 37.9 Å². The molecule has 0 atom stereocenters. The summed E-state index contributed by atoms with van der Waals surface area (Å²) in [6, 6.07) is 20.6. The Morgan fingerprint density at radius 3 is 1.20 bits per heavy atom. The molecule has 0 unspecified atom stereocenters. The van der Waals surface area contributed by atoms with E-state index in [0.717, 1.165) is 24.7 Å². The Bertz CT molecular complexity index is 1540. The number of aromatic nitrogens is 6. The van der Waals surface area contributed by atoms with Crippen molar-refractivity contribution in [3.05, 3.63) is 122 Å². The maximum atomic E-state index is 9.87. The predicted octanol–water partition coefficient (Wildman–Crippen LogP) is 9.49. The summed E-state index contributed by atoms with van der Waals surface area (Å²) in [7, 11) is -21.3. The van der Waals surface area contributed by atoms with E-state index in [1.54, 1.807) is 0 Å². The summed E-state index contributed by atoms with van der Waals surface area (Å²) in [5.41, 5.74) is 2.53. The fourth-order valence-corrected chi connectivity index (χ4v) is 3.51. The van der Waals surface area contributed by atoms with Gasteiger partial charge in [-0.15, -0.1) is 0 Å². The molecule has 5 rings (SSSR count). The van der Waals surface area contributed by atoms with Crippen LogP contribution in [0.2, 0.25) is 0 Å². The van der Waals surface area contributed by atoms with Gasteiger partial charge in [-0.3, -0.25) is 0 Å². The van der Waals surface area contributed by atoms with Crippen molar-refractivity contribution < 1.29 is 59.5 Å². The maximum absolute atomic E-state index is 10.7. The SMILES string of the molecule is F[P-](F)(F)(F)(F)F.F[P-](F)(F)(F)(F)F.c1ccc(-n2cc[n+](Cc3cccc(C[n+]4ccn(-c5ccccn5)c4)c3)c2)nc1. The minimum absolute atomic E-state index is 0.813. The van der Waals surface area contributed by atoms with E-state index in [-0.39, 0.29) is 0 Å². The van der Waals surface area contributed by atoms with E-state index in [1.165, 1.54) is 11.1 Å². The smallest absolute Gasteiger partial charge is 0.232 e. The van der Waals surface area contributed by atoms with E-state index in [0.29, 0.717) is 0 Å². The van der Waals surface area contributed by atoms with Gasteiger partial charge < -0.3 is 0 Å². The normalized spacial score (nSPS) is 14.8. The van der Waals surface area contributed by atoms with Crippen molar-refractivity contribution in [2.45, 2.75) is 13.1 Å². The number of halogens is 12. The van der Waals surface area contributed by atoms with Gasteiger partial charge in [0, 0.05) is 24.5 Å². The first-order valence-electron chi connectivity index (χ1n) is 11.9. The van der Waals surface area contributed by atoms with Gasteiger partial charge >= 0.3 is 66.0 Å². The minimum Gasteiger partial charge on any atom is -0.232 e. The van der Waals surface area contributed by atoms with Gasteiger partial charge in [-0.2, -0.15) is 9.13 Å². The zero-order chi connectivity index (χ0) is 33.0. The number of pyridine rings is 2. The van der Waals surface area contributed by atoms with Crippen LogP contribution in [0.15, 0.2) is 110 Å². The molecule has 1 aromatic carbocycles. The molecule has 20 heteroatoms. The third-order valence-corrected chi connectivity index (χ3v) is 4.93. The number of imidazole rings is 2. The molecule has 0 saturated carbocycles. The van der Waals surface area contributed by atoms with E-state index >= 15 is 0 Å². The Balaban J connectivity index is 0.000000317. The average Bonchev–Trinajstić information content (AvgIpc) is 3.52. The van der Waals surface area contributed by atoms with Crippen molar-refractivity contribution in [1.82, 2.24) is 19.1 Å². The zero-order valence-corrected chi connectivity index (χ0v) is 23.7. The minimum atomic E-state index is -10.7. The van der Waals surface area contributed by atoms with E-state index in [1.807, 2.05) is 70.3 Å². The predicted molar refractivity (Wildman–Crippen MR) is 139 cm³/mol. The van der Waals surface area contributed by atoms with E-state index < -0.39 is 15.6 Å². The second kappa shape index (κ2) is 10.8. The number of nitrogens with zero attached hydrogens (tertiary/aromatic N) is 6. The molecule has 242 valence electrons. The van der Waals surface area contributed by atoms with Crippen LogP contribution in [0.5, 0.6) is 0 Å². The van der Waals surface area contributed by atoms with Gasteiger partial charge in [-0.25, -0.2) is 19.1 Å². The van der Waals surface area contributed by atoms with Crippen LogP contribution in [0, 0.1) is 0 Å². The molecule has 0 N–H and O–H groups in total. The second-order valence-electron chi connectivity index (χ2n) is 9.10. The maximum Gasteiger partial charge on any atom is 0.250 e. The molecule has 44 heavy (non-hydrogen) atoms. The van der Waals surface area contributed by atoms with Gasteiger partial charge in [-0.05, 0) is 29.3 Å². The van der Waals surface area contributed by atoms with Gasteiger partial charge in [-0.1, -0.05) is 30.3 Å². The molecule has 0 bridgehead atoms. The van der Waals surface area contributed by atoms with Crippen LogP contribution in [-0.2, 0) is 13.1 Å². The van der Waals surface area contributed by atoms with Crippen LogP contribution in [0.3, 0.4) is 0 Å². The van der Waals surface area contributed by atoms with Crippen LogP contribution >= 0.6 is 15.6 Å². The van der Waals surface area contributed by atoms with Crippen molar-refractivity contribution in [2.75, 3.05) is 0 Å². The molecule has 0 saturated heterocycles. The standard InChI is InChI=1S/C24H22N6.2F6P/c1-3-10-25-23(8-1)29-14-12-27(19-29)17-21-6-5-7-22(16-21)18-28-13-15-30(20-28)24-9-2-4-11-26-24;2*1-7(2,3,4,5)6/h1-16,19-20H,17-18H2;;/q+2;2*-1. The van der Waals surface area contributed by atoms with Crippen LogP contribution in [0.4, 0.5) is 50.4 Å². The van der Waals surface area contributed by atoms with E-state index in [9.17, 15) is 50.4 Å². The van der Waals surface area contributed by atoms with E-state index in [4.69, 9.17) is 0 Å². The molecule has 0 aliphatic rings. The van der Waals surface area contributed by atoms with Gasteiger partial charge in [0.2, 0.25) is 11.6 Å². The first kappa shape index (κ1) is 34.5. The Morgan fingerprint density at radius 2 is 0.886 bits per heavy atom. The Hall–Kier alpha value is -4.04. The molecule has 0 radical (unpaired) electrons. The van der Waals surface area contributed by atoms with Crippen LogP contribution in [0.25, 0.3) is 11.6 Å². The fraction of sp³-hybridized carbons (Fsp3) is 0.0833. The average molecular weight is 684 g/mol. The number of hydrogen-bond acceptors (Lipinski definition) is 2. The monoisotopic (exact) mass is 684 g/mol. The van der Waals surface area contributed by atoms with Crippen LogP contribution in [-0.4, -0.2) is 19.1 Å². The Morgan fingerprint density at radius 1 is 0.523 bits per heavy atom. The summed E-state index contributed by atoms with van der Waals surface area (Å²) in [5.74, 6) is 1.83. The number of hydrogen-bond donors (Lipinski definition) is 0. The molecule has 0 spiro atoms. The van der Waals surface area contributed by atoms with Gasteiger partial charge in [0.05, 0.1) is 0 Å². The number of benzene rings is 1. The summed E-state index contributed by atoms with van der Waals surface area (Å²) in [6.07, 6.45) is 16.0. The summed E-state index contributed by atoms with van der Waals surface area (Å²) in [5, 5.41) is 0. The third kappa shape index (κ3) is 16.6. The van der Waals surface area contributed by atoms with Crippen molar-refractivity contribution in [1.29, 1.82) is 0 Å². The van der Waals surface area contributed by atoms with Crippen molar-refractivity contribution >= 4 is 15.6 Å². The van der Waals surface area contributed by atoms with Crippen molar-refractivity contribution in [3.63, 3.8) is 0 Å². The van der Waals surface area contributed by atoms with Crippen molar-refractivity contribution in [3.8, 4) is 11.6 Å². The summed E-state index contributed by atoms with van der Waals surface area (Å²) in [6.45, 7) is 1.63. The molecule has 0 fully saturated rings. The number of rotatable bonds is 6. The van der Waals surface area contributed by atoms with Gasteiger partial charge in [0.25, 0.3) is 12.7 Å². The molecule has 5 aromatic rings. The second-order valence-corrected chi connectivity index (χ2v) is 12.9. The molecule has 0 amide bonds. The quantitative estimate of drug-likeness (QED) is 0.102. The first-order valence-corrected chi connectivity index (χ1v) is 16.0. The fourth-order valence-electron chi connectivity index (χ4n) is 3.51. The molecular formula is C24H22F12N6P2. The molecule has 0 aliphatic heterocycles. The third-order valence-electron chi connectivity index (χ3n) is 4.93. The molecule has 4 aromatic heterocycles. The Labute approximate surface area is 241 Å². The molecular weight excluding hydrogens is 662 g/mol. The molecule has 0 aliphatic carbocycles. The van der Waals surface area contributed by atoms with Crippen LogP contribution < -0.4 is 9.13 Å². The zero-order valence-electron chi connectivity index (χ0n) is 21.9. The van der Waals surface area contributed by atoms with Gasteiger partial charge in [0.15, 0.2) is 0 Å². The van der Waals surface area contributed by atoms with Crippen molar-refractivity contribution in [2.24, 2.45) is 0 Å². The first-order chi connectivity index (χ1) is 19.7. The largest absolute Gasteiger partial charge is 0.250 e. The summed E-state index contributed by atoms with van der Waals surface area (Å²) < 4.78 is 127. The van der Waals surface area contributed by atoms with E-state index in [2.05, 4.69) is 68.4 Å². The summed E-state index contributed by atoms with van der Waals surface area (Å²) >= 11 is 0. The molecule has 6 nitrogen and oxygen atoms in total. The topological polar surface area (TPSA) is 43.4 Å². The molecule has 4 heterocycles. The summed E-state index contributed by atoms with van der Waals surface area (Å²) in [4.78, 5) is 8.79. The van der Waals surface area contributed by atoms with Crippen LogP contribution in [0.1, 0.15) is 11.1 Å².